The first-order valence-electron chi connectivity index (χ1n) is 3.52. The molecule has 1 rings (SSSR count). The zero-order valence-electron chi connectivity index (χ0n) is 6.50. The van der Waals surface area contributed by atoms with Crippen molar-refractivity contribution < 1.29 is 9.84 Å². The molecule has 0 saturated carbocycles. The second kappa shape index (κ2) is 3.98. The van der Waals surface area contributed by atoms with Crippen molar-refractivity contribution in [2.45, 2.75) is 6.42 Å². The van der Waals surface area contributed by atoms with Gasteiger partial charge in [-0.05, 0) is 30.2 Å². The van der Waals surface area contributed by atoms with E-state index in [-0.39, 0.29) is 6.61 Å². The fourth-order valence-corrected chi connectivity index (χ4v) is 0.884. The van der Waals surface area contributed by atoms with Crippen LogP contribution in [0.2, 0.25) is 0 Å². The highest BCUT2D eigenvalue weighted by Gasteiger charge is 1.93. The second-order valence-electron chi connectivity index (χ2n) is 2.23. The first-order valence-corrected chi connectivity index (χ1v) is 3.52. The van der Waals surface area contributed by atoms with E-state index >= 15 is 0 Å². The maximum absolute atomic E-state index is 8.62. The lowest BCUT2D eigenvalue weighted by atomic mass is 10.1. The molecule has 59 valence electrons. The second-order valence-corrected chi connectivity index (χ2v) is 2.23. The fourth-order valence-electron chi connectivity index (χ4n) is 0.884. The summed E-state index contributed by atoms with van der Waals surface area (Å²) in [4.78, 5) is 0. The highest BCUT2D eigenvalue weighted by atomic mass is 16.5. The lowest BCUT2D eigenvalue weighted by molar-refractivity contribution is 0.299. The summed E-state index contributed by atoms with van der Waals surface area (Å²) in [5.74, 6) is 0.812. The molecule has 0 aliphatic carbocycles. The van der Waals surface area contributed by atoms with Crippen LogP contribution in [0.25, 0.3) is 0 Å². The van der Waals surface area contributed by atoms with E-state index in [1.54, 1.807) is 13.2 Å². The minimum absolute atomic E-state index is 0.156. The molecule has 0 aliphatic rings. The third kappa shape index (κ3) is 2.24. The van der Waals surface area contributed by atoms with Crippen LogP contribution in [0.5, 0.6) is 5.75 Å². The molecular formula is C9H11O2. The summed E-state index contributed by atoms with van der Waals surface area (Å²) in [5.41, 5.74) is 0.979. The molecule has 1 N–H and O–H groups in total. The highest BCUT2D eigenvalue weighted by Crippen LogP contribution is 2.11. The SMILES string of the molecule is COc1cc[c]c(CCO)c1. The van der Waals surface area contributed by atoms with E-state index in [0.29, 0.717) is 6.42 Å². The van der Waals surface area contributed by atoms with Gasteiger partial charge in [-0.15, -0.1) is 0 Å². The first-order chi connectivity index (χ1) is 5.36. The zero-order chi connectivity index (χ0) is 8.10. The predicted octanol–water partition coefficient (Wildman–Crippen LogP) is 1.03. The van der Waals surface area contributed by atoms with Gasteiger partial charge in [-0.25, -0.2) is 0 Å². The van der Waals surface area contributed by atoms with Gasteiger partial charge in [-0.1, -0.05) is 6.07 Å². The number of rotatable bonds is 3. The van der Waals surface area contributed by atoms with Gasteiger partial charge in [0.1, 0.15) is 5.75 Å². The zero-order valence-corrected chi connectivity index (χ0v) is 6.50. The molecule has 11 heavy (non-hydrogen) atoms. The molecular weight excluding hydrogens is 140 g/mol. The molecule has 0 bridgehead atoms. The van der Waals surface area contributed by atoms with E-state index in [0.717, 1.165) is 11.3 Å². The van der Waals surface area contributed by atoms with Crippen LogP contribution in [0.15, 0.2) is 18.2 Å². The molecule has 1 radical (unpaired) electrons. The van der Waals surface area contributed by atoms with Crippen LogP contribution >= 0.6 is 0 Å². The molecule has 0 fully saturated rings. The third-order valence-corrected chi connectivity index (χ3v) is 1.45. The first kappa shape index (κ1) is 8.08. The van der Waals surface area contributed by atoms with Crippen LogP contribution < -0.4 is 4.74 Å². The number of ether oxygens (including phenoxy) is 1. The molecule has 2 heteroatoms. The maximum atomic E-state index is 8.62. The van der Waals surface area contributed by atoms with Gasteiger partial charge < -0.3 is 9.84 Å². The number of methoxy groups -OCH3 is 1. The lowest BCUT2D eigenvalue weighted by Gasteiger charge is -2.01. The summed E-state index contributed by atoms with van der Waals surface area (Å²) >= 11 is 0. The van der Waals surface area contributed by atoms with Crippen molar-refractivity contribution in [1.29, 1.82) is 0 Å². The molecule has 1 aromatic rings. The van der Waals surface area contributed by atoms with Crippen LogP contribution in [-0.4, -0.2) is 18.8 Å². The molecule has 1 aromatic carbocycles. The average molecular weight is 151 g/mol. The van der Waals surface area contributed by atoms with E-state index in [4.69, 9.17) is 9.84 Å². The molecule has 0 unspecified atom stereocenters. The van der Waals surface area contributed by atoms with Crippen molar-refractivity contribution in [3.8, 4) is 5.75 Å². The monoisotopic (exact) mass is 151 g/mol. The Morgan fingerprint density at radius 1 is 1.64 bits per heavy atom. The largest absolute Gasteiger partial charge is 0.497 e. The number of aliphatic hydroxyl groups excluding tert-OH is 1. The predicted molar refractivity (Wildman–Crippen MR) is 42.6 cm³/mol. The molecule has 0 heterocycles. The van der Waals surface area contributed by atoms with Crippen molar-refractivity contribution >= 4 is 0 Å². The van der Waals surface area contributed by atoms with Crippen LogP contribution in [0.4, 0.5) is 0 Å². The molecule has 0 amide bonds. The van der Waals surface area contributed by atoms with E-state index in [1.807, 2.05) is 12.1 Å². The van der Waals surface area contributed by atoms with Gasteiger partial charge in [0.05, 0.1) is 7.11 Å². The number of hydrogen-bond acceptors (Lipinski definition) is 2. The van der Waals surface area contributed by atoms with Gasteiger partial charge in [0, 0.05) is 6.61 Å². The Balaban J connectivity index is 2.74. The van der Waals surface area contributed by atoms with Crippen LogP contribution in [0, 0.1) is 6.07 Å². The molecule has 0 saturated heterocycles. The summed E-state index contributed by atoms with van der Waals surface area (Å²) in [5, 5.41) is 8.62. The van der Waals surface area contributed by atoms with E-state index in [1.165, 1.54) is 0 Å². The summed E-state index contributed by atoms with van der Waals surface area (Å²) < 4.78 is 5.00. The van der Waals surface area contributed by atoms with Crippen molar-refractivity contribution in [2.24, 2.45) is 0 Å². The third-order valence-electron chi connectivity index (χ3n) is 1.45. The molecule has 2 nitrogen and oxygen atoms in total. The Kier molecular flexibility index (Phi) is 2.93. The Morgan fingerprint density at radius 2 is 2.45 bits per heavy atom. The van der Waals surface area contributed by atoms with Crippen molar-refractivity contribution in [1.82, 2.24) is 0 Å². The Hall–Kier alpha value is -1.02. The van der Waals surface area contributed by atoms with Crippen LogP contribution in [-0.2, 0) is 6.42 Å². The molecule has 0 aromatic heterocycles. The van der Waals surface area contributed by atoms with E-state index in [2.05, 4.69) is 6.07 Å². The quantitative estimate of drug-likeness (QED) is 0.699. The molecule has 0 atom stereocenters. The molecule has 0 aliphatic heterocycles. The maximum Gasteiger partial charge on any atom is 0.119 e. The van der Waals surface area contributed by atoms with Crippen LogP contribution in [0.1, 0.15) is 5.56 Å². The van der Waals surface area contributed by atoms with Gasteiger partial charge in [0.25, 0.3) is 0 Å². The topological polar surface area (TPSA) is 29.5 Å². The van der Waals surface area contributed by atoms with Gasteiger partial charge in [-0.3, -0.25) is 0 Å². The number of benzene rings is 1. The van der Waals surface area contributed by atoms with Gasteiger partial charge in [-0.2, -0.15) is 0 Å². The lowest BCUT2D eigenvalue weighted by Crippen LogP contribution is -1.91. The summed E-state index contributed by atoms with van der Waals surface area (Å²) in [6, 6.07) is 8.50. The minimum Gasteiger partial charge on any atom is -0.497 e. The van der Waals surface area contributed by atoms with E-state index < -0.39 is 0 Å². The Bertz CT molecular complexity index is 221. The summed E-state index contributed by atoms with van der Waals surface area (Å²) in [6.07, 6.45) is 0.636. The average Bonchev–Trinajstić information content (AvgIpc) is 2.06. The summed E-state index contributed by atoms with van der Waals surface area (Å²) in [6.45, 7) is 0.156. The Labute approximate surface area is 66.4 Å². The normalized spacial score (nSPS) is 9.64. The smallest absolute Gasteiger partial charge is 0.119 e. The number of hydrogen-bond donors (Lipinski definition) is 1. The van der Waals surface area contributed by atoms with E-state index in [9.17, 15) is 0 Å². The van der Waals surface area contributed by atoms with Crippen molar-refractivity contribution in [2.75, 3.05) is 13.7 Å². The fraction of sp³-hybridized carbons (Fsp3) is 0.333. The highest BCUT2D eigenvalue weighted by molar-refractivity contribution is 5.27. The standard InChI is InChI=1S/C9H11O2/c1-11-9-4-2-3-8(7-9)5-6-10/h2,4,7,10H,5-6H2,1H3. The van der Waals surface area contributed by atoms with Gasteiger partial charge in [0.15, 0.2) is 0 Å². The molecule has 0 spiro atoms. The van der Waals surface area contributed by atoms with Crippen molar-refractivity contribution in [3.63, 3.8) is 0 Å². The van der Waals surface area contributed by atoms with Crippen molar-refractivity contribution in [3.05, 3.63) is 29.8 Å². The number of aliphatic hydroxyl groups is 1. The van der Waals surface area contributed by atoms with Gasteiger partial charge in [0.2, 0.25) is 0 Å². The van der Waals surface area contributed by atoms with Crippen LogP contribution in [0.3, 0.4) is 0 Å². The summed E-state index contributed by atoms with van der Waals surface area (Å²) in [7, 11) is 1.62. The Morgan fingerprint density at radius 3 is 3.09 bits per heavy atom. The minimum atomic E-state index is 0.156. The van der Waals surface area contributed by atoms with Gasteiger partial charge >= 0.3 is 0 Å².